The molecule has 0 bridgehead atoms. The highest BCUT2D eigenvalue weighted by molar-refractivity contribution is 5.95. The molecule has 0 aliphatic carbocycles. The lowest BCUT2D eigenvalue weighted by molar-refractivity contribution is 0.0627. The van der Waals surface area contributed by atoms with E-state index in [4.69, 9.17) is 9.84 Å². The third-order valence-corrected chi connectivity index (χ3v) is 3.14. The second-order valence-electron chi connectivity index (χ2n) is 4.96. The number of aromatic carboxylic acids is 1. The third kappa shape index (κ3) is 2.18. The Morgan fingerprint density at radius 1 is 1.50 bits per heavy atom. The van der Waals surface area contributed by atoms with Crippen molar-refractivity contribution in [3.05, 3.63) is 29.6 Å². The molecule has 1 heterocycles. The molecule has 1 saturated heterocycles. The van der Waals surface area contributed by atoms with E-state index in [1.807, 2.05) is 18.7 Å². The lowest BCUT2D eigenvalue weighted by atomic mass is 9.99. The summed E-state index contributed by atoms with van der Waals surface area (Å²) >= 11 is 0. The van der Waals surface area contributed by atoms with Crippen LogP contribution in [-0.4, -0.2) is 36.4 Å². The average molecular weight is 253 g/mol. The van der Waals surface area contributed by atoms with Crippen molar-refractivity contribution in [3.8, 4) is 0 Å². The van der Waals surface area contributed by atoms with Crippen molar-refractivity contribution in [1.82, 2.24) is 0 Å². The van der Waals surface area contributed by atoms with Gasteiger partial charge in [-0.05, 0) is 26.0 Å². The number of ether oxygens (including phenoxy) is 1. The second-order valence-corrected chi connectivity index (χ2v) is 4.96. The molecule has 1 fully saturated rings. The first-order chi connectivity index (χ1) is 8.43. The van der Waals surface area contributed by atoms with Crippen LogP contribution in [0.4, 0.5) is 10.1 Å². The molecular formula is C13H16FNO3. The van der Waals surface area contributed by atoms with E-state index in [9.17, 15) is 9.18 Å². The molecule has 18 heavy (non-hydrogen) atoms. The molecule has 1 aliphatic rings. The van der Waals surface area contributed by atoms with Crippen molar-refractivity contribution >= 4 is 11.7 Å². The largest absolute Gasteiger partial charge is 0.478 e. The SMILES string of the molecule is CC1(C)COCCN1c1cccc(F)c1C(=O)O. The maximum Gasteiger partial charge on any atom is 0.340 e. The van der Waals surface area contributed by atoms with Crippen molar-refractivity contribution in [1.29, 1.82) is 0 Å². The molecule has 1 aromatic carbocycles. The maximum atomic E-state index is 13.7. The first-order valence-corrected chi connectivity index (χ1v) is 5.81. The molecule has 1 aromatic rings. The van der Waals surface area contributed by atoms with Crippen LogP contribution in [-0.2, 0) is 4.74 Å². The van der Waals surface area contributed by atoms with E-state index in [1.165, 1.54) is 12.1 Å². The van der Waals surface area contributed by atoms with Crippen LogP contribution in [0.1, 0.15) is 24.2 Å². The minimum atomic E-state index is -1.25. The fraction of sp³-hybridized carbons (Fsp3) is 0.462. The van der Waals surface area contributed by atoms with E-state index in [1.54, 1.807) is 6.07 Å². The summed E-state index contributed by atoms with van der Waals surface area (Å²) in [6, 6.07) is 4.34. The van der Waals surface area contributed by atoms with Crippen LogP contribution in [0.15, 0.2) is 18.2 Å². The molecule has 2 rings (SSSR count). The van der Waals surface area contributed by atoms with Gasteiger partial charge >= 0.3 is 5.97 Å². The number of hydrogen-bond acceptors (Lipinski definition) is 3. The van der Waals surface area contributed by atoms with Gasteiger partial charge in [0.15, 0.2) is 0 Å². The molecule has 4 nitrogen and oxygen atoms in total. The van der Waals surface area contributed by atoms with Crippen LogP contribution in [0.25, 0.3) is 0 Å². The molecule has 0 amide bonds. The van der Waals surface area contributed by atoms with Gasteiger partial charge in [0.05, 0.1) is 24.4 Å². The highest BCUT2D eigenvalue weighted by atomic mass is 19.1. The van der Waals surface area contributed by atoms with E-state index in [0.717, 1.165) is 0 Å². The number of nitrogens with zero attached hydrogens (tertiary/aromatic N) is 1. The Hall–Kier alpha value is -1.62. The van der Waals surface area contributed by atoms with Gasteiger partial charge < -0.3 is 14.7 Å². The number of anilines is 1. The van der Waals surface area contributed by atoms with Crippen molar-refractivity contribution in [3.63, 3.8) is 0 Å². The number of carbonyl (C=O) groups is 1. The Balaban J connectivity index is 2.50. The van der Waals surface area contributed by atoms with Crippen molar-refractivity contribution in [2.75, 3.05) is 24.7 Å². The number of morpholine rings is 1. The van der Waals surface area contributed by atoms with Crippen molar-refractivity contribution in [2.45, 2.75) is 19.4 Å². The normalized spacial score (nSPS) is 18.7. The summed E-state index contributed by atoms with van der Waals surface area (Å²) in [5.41, 5.74) is -0.209. The number of halogens is 1. The Morgan fingerprint density at radius 2 is 2.22 bits per heavy atom. The van der Waals surface area contributed by atoms with Gasteiger partial charge in [-0.25, -0.2) is 9.18 Å². The summed E-state index contributed by atoms with van der Waals surface area (Å²) < 4.78 is 19.1. The molecule has 0 radical (unpaired) electrons. The monoisotopic (exact) mass is 253 g/mol. The average Bonchev–Trinajstić information content (AvgIpc) is 2.27. The summed E-state index contributed by atoms with van der Waals surface area (Å²) in [5.74, 6) is -1.95. The van der Waals surface area contributed by atoms with Crippen LogP contribution < -0.4 is 4.90 Å². The first kappa shape index (κ1) is 12.8. The Kier molecular flexibility index (Phi) is 3.26. The molecular weight excluding hydrogens is 237 g/mol. The predicted octanol–water partition coefficient (Wildman–Crippen LogP) is 2.14. The standard InChI is InChI=1S/C13H16FNO3/c1-13(2)8-18-7-6-15(13)10-5-3-4-9(14)11(10)12(16)17/h3-5H,6-8H2,1-2H3,(H,16,17). The van der Waals surface area contributed by atoms with Gasteiger partial charge in [-0.2, -0.15) is 0 Å². The molecule has 0 aromatic heterocycles. The Labute approximate surface area is 105 Å². The molecule has 0 unspecified atom stereocenters. The Morgan fingerprint density at radius 3 is 2.83 bits per heavy atom. The van der Waals surface area contributed by atoms with Crippen LogP contribution in [0.3, 0.4) is 0 Å². The molecule has 0 spiro atoms. The van der Waals surface area contributed by atoms with Gasteiger partial charge in [-0.3, -0.25) is 0 Å². The third-order valence-electron chi connectivity index (χ3n) is 3.14. The molecule has 98 valence electrons. The summed E-state index contributed by atoms with van der Waals surface area (Å²) in [5, 5.41) is 9.15. The number of carboxylic acid groups (broad SMARTS) is 1. The zero-order chi connectivity index (χ0) is 13.3. The molecule has 0 saturated carbocycles. The van der Waals surface area contributed by atoms with E-state index >= 15 is 0 Å². The molecule has 0 atom stereocenters. The van der Waals surface area contributed by atoms with Crippen LogP contribution in [0.2, 0.25) is 0 Å². The van der Waals surface area contributed by atoms with Crippen molar-refractivity contribution in [2.24, 2.45) is 0 Å². The summed E-state index contributed by atoms with van der Waals surface area (Å²) in [7, 11) is 0. The highest BCUT2D eigenvalue weighted by Crippen LogP contribution is 2.31. The van der Waals surface area contributed by atoms with E-state index in [2.05, 4.69) is 0 Å². The van der Waals surface area contributed by atoms with Crippen LogP contribution in [0.5, 0.6) is 0 Å². The lowest BCUT2D eigenvalue weighted by Gasteiger charge is -2.44. The van der Waals surface area contributed by atoms with Gasteiger partial charge in [0.25, 0.3) is 0 Å². The van der Waals surface area contributed by atoms with Gasteiger partial charge in [-0.1, -0.05) is 6.07 Å². The van der Waals surface area contributed by atoms with Crippen molar-refractivity contribution < 1.29 is 19.0 Å². The fourth-order valence-corrected chi connectivity index (χ4v) is 2.25. The number of benzene rings is 1. The molecule has 1 aliphatic heterocycles. The van der Waals surface area contributed by atoms with Gasteiger partial charge in [0, 0.05) is 6.54 Å². The highest BCUT2D eigenvalue weighted by Gasteiger charge is 2.33. The summed E-state index contributed by atoms with van der Waals surface area (Å²) in [6.45, 7) is 5.45. The van der Waals surface area contributed by atoms with Crippen LogP contribution in [0, 0.1) is 5.82 Å². The smallest absolute Gasteiger partial charge is 0.340 e. The van der Waals surface area contributed by atoms with E-state index in [-0.39, 0.29) is 11.1 Å². The lowest BCUT2D eigenvalue weighted by Crippen LogP contribution is -2.53. The minimum absolute atomic E-state index is 0.271. The maximum absolute atomic E-state index is 13.7. The second kappa shape index (κ2) is 4.57. The van der Waals surface area contributed by atoms with Gasteiger partial charge in [-0.15, -0.1) is 0 Å². The molecule has 1 N–H and O–H groups in total. The van der Waals surface area contributed by atoms with Crippen LogP contribution >= 0.6 is 0 Å². The number of hydrogen-bond donors (Lipinski definition) is 1. The summed E-state index contributed by atoms with van der Waals surface area (Å²) in [6.07, 6.45) is 0. The Bertz CT molecular complexity index is 473. The minimum Gasteiger partial charge on any atom is -0.478 e. The van der Waals surface area contributed by atoms with Gasteiger partial charge in [0.1, 0.15) is 11.4 Å². The van der Waals surface area contributed by atoms with E-state index in [0.29, 0.717) is 25.4 Å². The number of rotatable bonds is 2. The fourth-order valence-electron chi connectivity index (χ4n) is 2.25. The van der Waals surface area contributed by atoms with E-state index < -0.39 is 11.8 Å². The topological polar surface area (TPSA) is 49.8 Å². The zero-order valence-electron chi connectivity index (χ0n) is 10.4. The first-order valence-electron chi connectivity index (χ1n) is 5.81. The summed E-state index contributed by atoms with van der Waals surface area (Å²) in [4.78, 5) is 13.1. The molecule has 5 heteroatoms. The number of carboxylic acids is 1. The quantitative estimate of drug-likeness (QED) is 0.877. The van der Waals surface area contributed by atoms with Gasteiger partial charge in [0.2, 0.25) is 0 Å². The zero-order valence-corrected chi connectivity index (χ0v) is 10.4. The predicted molar refractivity (Wildman–Crippen MR) is 65.6 cm³/mol.